The molecule has 0 N–H and O–H groups in total. The van der Waals surface area contributed by atoms with E-state index in [1.165, 1.54) is 11.8 Å². The van der Waals surface area contributed by atoms with Gasteiger partial charge in [0.15, 0.2) is 11.6 Å². The highest BCUT2D eigenvalue weighted by Gasteiger charge is 2.23. The summed E-state index contributed by atoms with van der Waals surface area (Å²) in [5.41, 5.74) is 2.94. The van der Waals surface area contributed by atoms with Crippen molar-refractivity contribution >= 4 is 28.8 Å². The summed E-state index contributed by atoms with van der Waals surface area (Å²) in [5.74, 6) is 4.32. The molecule has 4 rings (SSSR count). The number of benzene rings is 1. The van der Waals surface area contributed by atoms with Crippen molar-refractivity contribution < 1.29 is 13.9 Å². The van der Waals surface area contributed by atoms with Crippen LogP contribution in [0.3, 0.4) is 0 Å². The zero-order valence-electron chi connectivity index (χ0n) is 22.6. The van der Waals surface area contributed by atoms with E-state index in [0.717, 1.165) is 11.6 Å². The summed E-state index contributed by atoms with van der Waals surface area (Å²) in [7, 11) is 5.06. The van der Waals surface area contributed by atoms with Crippen LogP contribution < -0.4 is 19.9 Å². The van der Waals surface area contributed by atoms with Gasteiger partial charge in [0.25, 0.3) is 5.56 Å². The molecule has 10 heteroatoms. The Morgan fingerprint density at radius 2 is 1.97 bits per heavy atom. The predicted molar refractivity (Wildman–Crippen MR) is 153 cm³/mol. The van der Waals surface area contributed by atoms with Crippen LogP contribution in [0.15, 0.2) is 68.0 Å². The minimum atomic E-state index is -0.0805. The summed E-state index contributed by atoms with van der Waals surface area (Å²) < 4.78 is 18.8. The van der Waals surface area contributed by atoms with E-state index in [9.17, 15) is 4.79 Å². The van der Waals surface area contributed by atoms with Gasteiger partial charge in [0.05, 0.1) is 25.5 Å². The number of para-hydroxylation sites is 1. The van der Waals surface area contributed by atoms with Crippen molar-refractivity contribution in [2.75, 3.05) is 26.2 Å². The molecule has 0 unspecified atom stereocenters. The van der Waals surface area contributed by atoms with Crippen LogP contribution in [-0.2, 0) is 18.7 Å². The molecule has 0 saturated heterocycles. The van der Waals surface area contributed by atoms with E-state index in [-0.39, 0.29) is 11.0 Å². The molecule has 1 aliphatic heterocycles. The van der Waals surface area contributed by atoms with Crippen molar-refractivity contribution in [3.63, 3.8) is 0 Å². The number of aryl methyl sites for hydroxylation is 1. The number of allylic oxidation sites excluding steroid dienone is 2. The van der Waals surface area contributed by atoms with Gasteiger partial charge >= 0.3 is 0 Å². The van der Waals surface area contributed by atoms with Gasteiger partial charge in [-0.3, -0.25) is 9.36 Å². The molecule has 0 spiro atoms. The number of anilines is 1. The fourth-order valence-corrected chi connectivity index (χ4v) is 4.79. The molecule has 0 radical (unpaired) electrons. The van der Waals surface area contributed by atoms with Gasteiger partial charge in [-0.25, -0.2) is 4.98 Å². The highest BCUT2D eigenvalue weighted by molar-refractivity contribution is 8.11. The Balaban J connectivity index is 1.55. The number of amidine groups is 1. The van der Waals surface area contributed by atoms with Crippen molar-refractivity contribution in [2.45, 2.75) is 39.5 Å². The Morgan fingerprint density at radius 3 is 2.63 bits per heavy atom. The lowest BCUT2D eigenvalue weighted by atomic mass is 9.93. The summed E-state index contributed by atoms with van der Waals surface area (Å²) in [6, 6.07) is 10.9. The maximum Gasteiger partial charge on any atom is 0.253 e. The van der Waals surface area contributed by atoms with Gasteiger partial charge in [-0.15, -0.1) is 22.0 Å². The van der Waals surface area contributed by atoms with E-state index >= 15 is 0 Å². The van der Waals surface area contributed by atoms with Gasteiger partial charge in [0, 0.05) is 37.2 Å². The number of methoxy groups -OCH3 is 2. The molecule has 0 atom stereocenters. The second-order valence-corrected chi connectivity index (χ2v) is 10.5. The molecular weight excluding hydrogens is 502 g/mol. The summed E-state index contributed by atoms with van der Waals surface area (Å²) in [6.45, 7) is 6.72. The van der Waals surface area contributed by atoms with Gasteiger partial charge in [-0.1, -0.05) is 32.1 Å². The number of rotatable bonds is 8. The first-order valence-corrected chi connectivity index (χ1v) is 13.3. The zero-order chi connectivity index (χ0) is 27.3. The second kappa shape index (κ2) is 11.7. The number of furan rings is 1. The van der Waals surface area contributed by atoms with Gasteiger partial charge in [-0.05, 0) is 31.2 Å². The van der Waals surface area contributed by atoms with E-state index in [4.69, 9.17) is 18.9 Å². The van der Waals surface area contributed by atoms with E-state index < -0.39 is 0 Å². The minimum Gasteiger partial charge on any atom is -0.494 e. The van der Waals surface area contributed by atoms with Crippen LogP contribution in [-0.4, -0.2) is 42.2 Å². The lowest BCUT2D eigenvalue weighted by molar-refractivity contribution is 0.386. The van der Waals surface area contributed by atoms with Crippen LogP contribution in [0.25, 0.3) is 0 Å². The molecule has 2 aromatic heterocycles. The van der Waals surface area contributed by atoms with Crippen molar-refractivity contribution in [1.82, 2.24) is 9.55 Å². The third kappa shape index (κ3) is 6.19. The van der Waals surface area contributed by atoms with Gasteiger partial charge < -0.3 is 18.8 Å². The topological polar surface area (TPSA) is 94.5 Å². The van der Waals surface area contributed by atoms with E-state index in [2.05, 4.69) is 36.2 Å². The van der Waals surface area contributed by atoms with Crippen molar-refractivity contribution in [3.05, 3.63) is 81.9 Å². The average Bonchev–Trinajstić information content (AvgIpc) is 3.25. The Bertz CT molecular complexity index is 1410. The number of thioether (sulfide) groups is 1. The average molecular weight is 536 g/mol. The molecule has 9 nitrogen and oxygen atoms in total. The molecule has 1 aliphatic rings. The van der Waals surface area contributed by atoms with Crippen LogP contribution in [0.5, 0.6) is 11.5 Å². The second-order valence-electron chi connectivity index (χ2n) is 9.62. The first-order valence-electron chi connectivity index (χ1n) is 12.2. The van der Waals surface area contributed by atoms with Crippen LogP contribution in [0, 0.1) is 12.3 Å². The smallest absolute Gasteiger partial charge is 0.253 e. The van der Waals surface area contributed by atoms with Crippen LogP contribution in [0.1, 0.15) is 36.9 Å². The number of ether oxygens (including phenoxy) is 2. The number of hydrogen-bond acceptors (Lipinski definition) is 8. The first kappa shape index (κ1) is 27.3. The zero-order valence-corrected chi connectivity index (χ0v) is 23.4. The largest absolute Gasteiger partial charge is 0.494 e. The van der Waals surface area contributed by atoms with E-state index in [0.29, 0.717) is 53.2 Å². The molecular formula is C28H33N5O4S. The predicted octanol–water partition coefficient (Wildman–Crippen LogP) is 5.06. The first-order chi connectivity index (χ1) is 18.2. The Labute approximate surface area is 226 Å². The number of nitrogens with zero attached hydrogens (tertiary/aromatic N) is 5. The maximum absolute atomic E-state index is 12.8. The molecule has 200 valence electrons. The Hall–Kier alpha value is -3.79. The van der Waals surface area contributed by atoms with Crippen molar-refractivity contribution in [1.29, 1.82) is 0 Å². The molecule has 3 aromatic rings. The highest BCUT2D eigenvalue weighted by atomic mass is 32.2. The monoisotopic (exact) mass is 535 g/mol. The summed E-state index contributed by atoms with van der Waals surface area (Å²) >= 11 is 1.41. The van der Waals surface area contributed by atoms with Crippen molar-refractivity contribution in [2.24, 2.45) is 15.6 Å². The van der Waals surface area contributed by atoms with Gasteiger partial charge in [0.2, 0.25) is 0 Å². The van der Waals surface area contributed by atoms with Crippen molar-refractivity contribution in [3.8, 4) is 11.5 Å². The van der Waals surface area contributed by atoms with Gasteiger partial charge in [-0.2, -0.15) is 0 Å². The summed E-state index contributed by atoms with van der Waals surface area (Å²) in [5, 5.41) is 8.77. The lowest BCUT2D eigenvalue weighted by Crippen LogP contribution is -2.29. The maximum atomic E-state index is 12.8. The SMILES string of the molecule is COc1cccc(OC)c1N(C)/C(=N\N=C\SCc1cc(=O)n2c(n1)CC=CC(C)(C)C2)c1ccc(C)o1. The summed E-state index contributed by atoms with van der Waals surface area (Å²) in [6.07, 6.45) is 4.87. The molecule has 0 fully saturated rings. The molecule has 38 heavy (non-hydrogen) atoms. The third-order valence-corrected chi connectivity index (χ3v) is 6.80. The van der Waals surface area contributed by atoms with E-state index in [1.54, 1.807) is 30.4 Å². The fraction of sp³-hybridized carbons (Fsp3) is 0.357. The molecule has 0 aliphatic carbocycles. The molecule has 0 bridgehead atoms. The van der Waals surface area contributed by atoms with Gasteiger partial charge in [0.1, 0.15) is 28.8 Å². The number of hydrogen-bond donors (Lipinski definition) is 0. The molecule has 0 saturated carbocycles. The van der Waals surface area contributed by atoms with E-state index in [1.807, 2.05) is 49.2 Å². The van der Waals surface area contributed by atoms with Crippen LogP contribution >= 0.6 is 11.8 Å². The number of fused-ring (bicyclic) bond motifs is 1. The normalized spacial score (nSPS) is 14.8. The Kier molecular flexibility index (Phi) is 8.41. The minimum absolute atomic E-state index is 0.0276. The quantitative estimate of drug-likeness (QED) is 0.172. The van der Waals surface area contributed by atoms with Crippen LogP contribution in [0.2, 0.25) is 0 Å². The Morgan fingerprint density at radius 1 is 1.24 bits per heavy atom. The molecule has 0 amide bonds. The number of aromatic nitrogens is 2. The molecule has 3 heterocycles. The summed E-state index contributed by atoms with van der Waals surface area (Å²) in [4.78, 5) is 19.3. The lowest BCUT2D eigenvalue weighted by Gasteiger charge is -2.23. The van der Waals surface area contributed by atoms with Crippen LogP contribution in [0.4, 0.5) is 5.69 Å². The molecule has 1 aromatic carbocycles. The third-order valence-electron chi connectivity index (χ3n) is 6.10. The standard InChI is InChI=1S/C28H33N5O4S/c1-19-12-13-23(37-19)27(32(4)26-21(35-5)9-7-10-22(26)36-6)31-29-18-38-16-20-15-25(34)33-17-28(2,3)14-8-11-24(33)30-20/h7-10,12-15,18H,11,16-17H2,1-6H3/b29-18+,31-27-. The fourth-order valence-electron chi connectivity index (χ4n) is 4.29. The highest BCUT2D eigenvalue weighted by Crippen LogP contribution is 2.38.